The lowest BCUT2D eigenvalue weighted by molar-refractivity contribution is -0.384. The Hall–Kier alpha value is -1.46. The summed E-state index contributed by atoms with van der Waals surface area (Å²) in [6.07, 6.45) is 0.861. The van der Waals surface area contributed by atoms with Crippen molar-refractivity contribution >= 4 is 28.6 Å². The van der Waals surface area contributed by atoms with Crippen LogP contribution in [0.2, 0.25) is 5.02 Å². The van der Waals surface area contributed by atoms with Crippen molar-refractivity contribution < 1.29 is 4.92 Å². The number of rotatable bonds is 3. The van der Waals surface area contributed by atoms with Crippen LogP contribution in [0.1, 0.15) is 11.9 Å². The number of nitro groups is 1. The first-order valence-electron chi connectivity index (χ1n) is 5.00. The predicted octanol–water partition coefficient (Wildman–Crippen LogP) is 3.93. The fourth-order valence-electron chi connectivity index (χ4n) is 1.42. The number of nitro benzene ring substituents is 1. The smallest absolute Gasteiger partial charge is 0.258 e. The second-order valence-electron chi connectivity index (χ2n) is 3.40. The molecule has 1 aromatic heterocycles. The number of aryl methyl sites for hydroxylation is 1. The van der Waals surface area contributed by atoms with Crippen LogP contribution in [-0.4, -0.2) is 9.91 Å². The molecule has 0 saturated heterocycles. The average molecular weight is 269 g/mol. The standard InChI is InChI=1S/C11H9ClN2O2S/c1-2-11-13-9(6-17-11)7-3-4-8(12)10(5-7)14(15)16/h3-6H,2H2,1H3. The van der Waals surface area contributed by atoms with E-state index in [1.54, 1.807) is 17.4 Å². The molecule has 0 radical (unpaired) electrons. The molecule has 0 N–H and O–H groups in total. The van der Waals surface area contributed by atoms with Crippen molar-refractivity contribution in [2.75, 3.05) is 0 Å². The summed E-state index contributed by atoms with van der Waals surface area (Å²) < 4.78 is 0. The SMILES string of the molecule is CCc1nc(-c2ccc(Cl)c([N+](=O)[O-])c2)cs1. The molecule has 0 aliphatic carbocycles. The van der Waals surface area contributed by atoms with Crippen molar-refractivity contribution in [3.05, 3.63) is 43.7 Å². The van der Waals surface area contributed by atoms with Gasteiger partial charge < -0.3 is 0 Å². The lowest BCUT2D eigenvalue weighted by Crippen LogP contribution is -1.90. The molecule has 0 spiro atoms. The van der Waals surface area contributed by atoms with Crippen molar-refractivity contribution in [3.8, 4) is 11.3 Å². The highest BCUT2D eigenvalue weighted by Crippen LogP contribution is 2.30. The molecule has 17 heavy (non-hydrogen) atoms. The van der Waals surface area contributed by atoms with Gasteiger partial charge in [-0.15, -0.1) is 11.3 Å². The first-order valence-corrected chi connectivity index (χ1v) is 6.26. The fraction of sp³-hybridized carbons (Fsp3) is 0.182. The van der Waals surface area contributed by atoms with Crippen LogP contribution in [0, 0.1) is 10.1 Å². The Bertz CT molecular complexity index is 568. The van der Waals surface area contributed by atoms with Gasteiger partial charge in [0, 0.05) is 17.0 Å². The van der Waals surface area contributed by atoms with E-state index in [1.807, 2.05) is 12.3 Å². The molecule has 1 aromatic carbocycles. The van der Waals surface area contributed by atoms with E-state index in [9.17, 15) is 10.1 Å². The number of hydrogen-bond donors (Lipinski definition) is 0. The lowest BCUT2D eigenvalue weighted by Gasteiger charge is -1.99. The maximum Gasteiger partial charge on any atom is 0.288 e. The van der Waals surface area contributed by atoms with Gasteiger partial charge in [0.2, 0.25) is 0 Å². The lowest BCUT2D eigenvalue weighted by atomic mass is 10.1. The van der Waals surface area contributed by atoms with Crippen LogP contribution >= 0.6 is 22.9 Å². The van der Waals surface area contributed by atoms with E-state index in [2.05, 4.69) is 4.98 Å². The molecule has 0 atom stereocenters. The van der Waals surface area contributed by atoms with E-state index in [0.29, 0.717) is 0 Å². The summed E-state index contributed by atoms with van der Waals surface area (Å²) in [7, 11) is 0. The van der Waals surface area contributed by atoms with E-state index >= 15 is 0 Å². The molecule has 1 heterocycles. The Morgan fingerprint density at radius 1 is 1.53 bits per heavy atom. The van der Waals surface area contributed by atoms with Crippen LogP contribution in [0.4, 0.5) is 5.69 Å². The Kier molecular flexibility index (Phi) is 3.40. The van der Waals surface area contributed by atoms with Crippen LogP contribution in [0.5, 0.6) is 0 Å². The van der Waals surface area contributed by atoms with Crippen molar-refractivity contribution in [1.82, 2.24) is 4.98 Å². The normalized spacial score (nSPS) is 10.5. The van der Waals surface area contributed by atoms with Gasteiger partial charge in [0.25, 0.3) is 5.69 Å². The third kappa shape index (κ3) is 2.45. The fourth-order valence-corrected chi connectivity index (χ4v) is 2.36. The first-order chi connectivity index (χ1) is 8.11. The highest BCUT2D eigenvalue weighted by molar-refractivity contribution is 7.09. The van der Waals surface area contributed by atoms with E-state index in [1.165, 1.54) is 12.1 Å². The molecular formula is C11H9ClN2O2S. The van der Waals surface area contributed by atoms with Crippen LogP contribution in [-0.2, 0) is 6.42 Å². The molecule has 2 aromatic rings. The molecule has 2 rings (SSSR count). The summed E-state index contributed by atoms with van der Waals surface area (Å²) >= 11 is 7.30. The number of halogens is 1. The maximum atomic E-state index is 10.8. The zero-order valence-corrected chi connectivity index (χ0v) is 10.6. The second kappa shape index (κ2) is 4.81. The number of hydrogen-bond acceptors (Lipinski definition) is 4. The predicted molar refractivity (Wildman–Crippen MR) is 68.6 cm³/mol. The van der Waals surface area contributed by atoms with Gasteiger partial charge in [0.1, 0.15) is 5.02 Å². The van der Waals surface area contributed by atoms with Crippen molar-refractivity contribution in [2.45, 2.75) is 13.3 Å². The van der Waals surface area contributed by atoms with Gasteiger partial charge in [-0.25, -0.2) is 4.98 Å². The van der Waals surface area contributed by atoms with Gasteiger partial charge in [0.05, 0.1) is 15.6 Å². The minimum atomic E-state index is -0.487. The van der Waals surface area contributed by atoms with Gasteiger partial charge in [-0.05, 0) is 12.5 Å². The zero-order chi connectivity index (χ0) is 12.4. The molecule has 0 aliphatic rings. The number of aromatic nitrogens is 1. The number of benzene rings is 1. The van der Waals surface area contributed by atoms with Crippen molar-refractivity contribution in [2.24, 2.45) is 0 Å². The number of thiazole rings is 1. The maximum absolute atomic E-state index is 10.8. The van der Waals surface area contributed by atoms with Gasteiger partial charge in [0.15, 0.2) is 0 Å². The third-order valence-electron chi connectivity index (χ3n) is 2.29. The summed E-state index contributed by atoms with van der Waals surface area (Å²) in [4.78, 5) is 14.7. The van der Waals surface area contributed by atoms with E-state index in [4.69, 9.17) is 11.6 Å². The Balaban J connectivity index is 2.46. The molecule has 4 nitrogen and oxygen atoms in total. The topological polar surface area (TPSA) is 56.0 Å². The molecule has 0 amide bonds. The molecule has 0 saturated carbocycles. The molecule has 0 bridgehead atoms. The van der Waals surface area contributed by atoms with Crippen molar-refractivity contribution in [3.63, 3.8) is 0 Å². The average Bonchev–Trinajstić information content (AvgIpc) is 2.78. The van der Waals surface area contributed by atoms with E-state index in [0.717, 1.165) is 22.7 Å². The van der Waals surface area contributed by atoms with Crippen LogP contribution in [0.3, 0.4) is 0 Å². The second-order valence-corrected chi connectivity index (χ2v) is 4.75. The Morgan fingerprint density at radius 3 is 2.88 bits per heavy atom. The van der Waals surface area contributed by atoms with Crippen LogP contribution < -0.4 is 0 Å². The first kappa shape index (κ1) is 12.0. The molecular weight excluding hydrogens is 260 g/mol. The third-order valence-corrected chi connectivity index (χ3v) is 3.61. The van der Waals surface area contributed by atoms with Gasteiger partial charge in [-0.1, -0.05) is 24.6 Å². The minimum absolute atomic E-state index is 0.0878. The summed E-state index contributed by atoms with van der Waals surface area (Å²) in [6, 6.07) is 4.72. The van der Waals surface area contributed by atoms with E-state index in [-0.39, 0.29) is 10.7 Å². The van der Waals surface area contributed by atoms with Gasteiger partial charge in [-0.3, -0.25) is 10.1 Å². The van der Waals surface area contributed by atoms with Crippen LogP contribution in [0.25, 0.3) is 11.3 Å². The molecule has 0 aliphatic heterocycles. The minimum Gasteiger partial charge on any atom is -0.258 e. The summed E-state index contributed by atoms with van der Waals surface area (Å²) in [5.41, 5.74) is 1.39. The summed E-state index contributed by atoms with van der Waals surface area (Å²) in [6.45, 7) is 2.02. The molecule has 0 fully saturated rings. The Labute approximate surface area is 107 Å². The highest BCUT2D eigenvalue weighted by atomic mass is 35.5. The Morgan fingerprint density at radius 2 is 2.29 bits per heavy atom. The van der Waals surface area contributed by atoms with Gasteiger partial charge in [-0.2, -0.15) is 0 Å². The summed E-state index contributed by atoms with van der Waals surface area (Å²) in [5, 5.41) is 13.8. The number of nitrogens with zero attached hydrogens (tertiary/aromatic N) is 2. The van der Waals surface area contributed by atoms with Crippen LogP contribution in [0.15, 0.2) is 23.6 Å². The van der Waals surface area contributed by atoms with Crippen molar-refractivity contribution in [1.29, 1.82) is 0 Å². The summed E-state index contributed by atoms with van der Waals surface area (Å²) in [5.74, 6) is 0. The molecule has 0 unspecified atom stereocenters. The molecule has 88 valence electrons. The largest absolute Gasteiger partial charge is 0.288 e. The van der Waals surface area contributed by atoms with E-state index < -0.39 is 4.92 Å². The highest BCUT2D eigenvalue weighted by Gasteiger charge is 2.14. The quantitative estimate of drug-likeness (QED) is 0.626. The zero-order valence-electron chi connectivity index (χ0n) is 9.01. The monoisotopic (exact) mass is 268 g/mol. The van der Waals surface area contributed by atoms with Gasteiger partial charge >= 0.3 is 0 Å². The molecule has 6 heteroatoms.